The second-order valence-corrected chi connectivity index (χ2v) is 5.03. The number of hydrogen-bond donors (Lipinski definition) is 2. The highest BCUT2D eigenvalue weighted by molar-refractivity contribution is 5.93. The smallest absolute Gasteiger partial charge is 0.371 e. The molecule has 0 aliphatic rings. The molecule has 0 radical (unpaired) electrons. The van der Waals surface area contributed by atoms with Crippen LogP contribution in [0.15, 0.2) is 16.5 Å². The zero-order chi connectivity index (χ0) is 13.2. The molecule has 0 saturated carbocycles. The number of aromatic carboxylic acids is 1. The van der Waals surface area contributed by atoms with E-state index in [1.807, 2.05) is 27.7 Å². The Hall–Kier alpha value is -1.78. The zero-order valence-corrected chi connectivity index (χ0v) is 10.4. The Balaban J connectivity index is 2.73. The first-order valence-electron chi connectivity index (χ1n) is 5.36. The van der Waals surface area contributed by atoms with Crippen molar-refractivity contribution in [3.05, 3.63) is 23.7 Å². The fourth-order valence-electron chi connectivity index (χ4n) is 1.06. The molecule has 5 nitrogen and oxygen atoms in total. The lowest BCUT2D eigenvalue weighted by Gasteiger charge is -2.27. The van der Waals surface area contributed by atoms with Gasteiger partial charge in [0.05, 0.1) is 0 Å². The Morgan fingerprint density at radius 1 is 1.29 bits per heavy atom. The van der Waals surface area contributed by atoms with Crippen molar-refractivity contribution >= 4 is 11.9 Å². The predicted octanol–water partition coefficient (Wildman–Crippen LogP) is 2.14. The van der Waals surface area contributed by atoms with Gasteiger partial charge < -0.3 is 14.8 Å². The molecule has 94 valence electrons. The summed E-state index contributed by atoms with van der Waals surface area (Å²) in [6.07, 6.45) is 0. The predicted molar refractivity (Wildman–Crippen MR) is 62.1 cm³/mol. The number of carboxylic acid groups (broad SMARTS) is 1. The molecule has 0 aromatic carbocycles. The van der Waals surface area contributed by atoms with Crippen LogP contribution < -0.4 is 5.32 Å². The summed E-state index contributed by atoms with van der Waals surface area (Å²) in [6.45, 7) is 7.90. The zero-order valence-electron chi connectivity index (χ0n) is 10.4. The highest BCUT2D eigenvalue weighted by Crippen LogP contribution is 2.19. The largest absolute Gasteiger partial charge is 0.475 e. The molecule has 0 spiro atoms. The first kappa shape index (κ1) is 13.3. The van der Waals surface area contributed by atoms with E-state index in [0.29, 0.717) is 0 Å². The maximum absolute atomic E-state index is 11.7. The lowest BCUT2D eigenvalue weighted by molar-refractivity contribution is 0.0659. The van der Waals surface area contributed by atoms with Gasteiger partial charge in [0.2, 0.25) is 5.76 Å². The van der Waals surface area contributed by atoms with E-state index in [0.717, 1.165) is 0 Å². The van der Waals surface area contributed by atoms with Gasteiger partial charge >= 0.3 is 5.97 Å². The van der Waals surface area contributed by atoms with Crippen LogP contribution in [0, 0.1) is 5.41 Å². The molecule has 0 aliphatic heterocycles. The van der Waals surface area contributed by atoms with Crippen molar-refractivity contribution in [2.45, 2.75) is 33.7 Å². The number of rotatable bonds is 3. The summed E-state index contributed by atoms with van der Waals surface area (Å²) in [5.74, 6) is -1.81. The molecular weight excluding hydrogens is 222 g/mol. The molecule has 0 fully saturated rings. The molecule has 5 heteroatoms. The number of carbonyl (C=O) groups excluding carboxylic acids is 1. The molecule has 0 bridgehead atoms. The Morgan fingerprint density at radius 3 is 2.24 bits per heavy atom. The van der Waals surface area contributed by atoms with Gasteiger partial charge in [-0.25, -0.2) is 4.79 Å². The lowest BCUT2D eigenvalue weighted by atomic mass is 9.88. The monoisotopic (exact) mass is 239 g/mol. The molecule has 0 saturated heterocycles. The van der Waals surface area contributed by atoms with Crippen LogP contribution in [0.3, 0.4) is 0 Å². The van der Waals surface area contributed by atoms with Gasteiger partial charge in [-0.05, 0) is 24.5 Å². The van der Waals surface area contributed by atoms with Gasteiger partial charge in [0.25, 0.3) is 5.91 Å². The van der Waals surface area contributed by atoms with Crippen molar-refractivity contribution in [2.24, 2.45) is 5.41 Å². The highest BCUT2D eigenvalue weighted by atomic mass is 16.4. The summed E-state index contributed by atoms with van der Waals surface area (Å²) < 4.78 is 4.91. The fraction of sp³-hybridized carbons (Fsp3) is 0.500. The van der Waals surface area contributed by atoms with E-state index < -0.39 is 11.9 Å². The van der Waals surface area contributed by atoms with Gasteiger partial charge in [0.1, 0.15) is 0 Å². The lowest BCUT2D eigenvalue weighted by Crippen LogP contribution is -2.41. The number of hydrogen-bond acceptors (Lipinski definition) is 3. The minimum absolute atomic E-state index is 0.0125. The number of amides is 1. The quantitative estimate of drug-likeness (QED) is 0.846. The first-order chi connectivity index (χ1) is 7.71. The van der Waals surface area contributed by atoms with E-state index in [1.54, 1.807) is 0 Å². The molecule has 1 unspecified atom stereocenters. The summed E-state index contributed by atoms with van der Waals surface area (Å²) in [6, 6.07) is 2.57. The van der Waals surface area contributed by atoms with Crippen LogP contribution in [0.2, 0.25) is 0 Å². The Morgan fingerprint density at radius 2 is 1.82 bits per heavy atom. The molecule has 17 heavy (non-hydrogen) atoms. The van der Waals surface area contributed by atoms with Gasteiger partial charge in [0, 0.05) is 6.04 Å². The van der Waals surface area contributed by atoms with Crippen molar-refractivity contribution < 1.29 is 19.1 Å². The topological polar surface area (TPSA) is 79.5 Å². The van der Waals surface area contributed by atoms with Crippen molar-refractivity contribution in [1.29, 1.82) is 0 Å². The molecule has 1 heterocycles. The van der Waals surface area contributed by atoms with Crippen LogP contribution in [-0.4, -0.2) is 23.0 Å². The summed E-state index contributed by atoms with van der Waals surface area (Å²) in [5, 5.41) is 11.4. The summed E-state index contributed by atoms with van der Waals surface area (Å²) in [5.41, 5.74) is -0.0715. The minimum Gasteiger partial charge on any atom is -0.475 e. The normalized spacial score (nSPS) is 13.2. The fourth-order valence-corrected chi connectivity index (χ4v) is 1.06. The van der Waals surface area contributed by atoms with Crippen molar-refractivity contribution in [3.63, 3.8) is 0 Å². The molecule has 1 atom stereocenters. The Bertz CT molecular complexity index is 428. The maximum atomic E-state index is 11.7. The third-order valence-corrected chi connectivity index (χ3v) is 2.69. The van der Waals surface area contributed by atoms with Crippen LogP contribution in [0.4, 0.5) is 0 Å². The van der Waals surface area contributed by atoms with E-state index in [2.05, 4.69) is 5.32 Å². The molecule has 0 aliphatic carbocycles. The Kier molecular flexibility index (Phi) is 3.60. The van der Waals surface area contributed by atoms with E-state index in [4.69, 9.17) is 9.52 Å². The standard InChI is InChI=1S/C12H17NO4/c1-7(12(2,3)4)13-10(14)8-5-6-9(17-8)11(15)16/h5-7H,1-4H3,(H,13,14)(H,15,16). The summed E-state index contributed by atoms with van der Waals surface area (Å²) >= 11 is 0. The third kappa shape index (κ3) is 3.34. The van der Waals surface area contributed by atoms with Gasteiger partial charge in [-0.15, -0.1) is 0 Å². The number of nitrogens with one attached hydrogen (secondary N) is 1. The van der Waals surface area contributed by atoms with E-state index in [-0.39, 0.29) is 23.0 Å². The van der Waals surface area contributed by atoms with Gasteiger partial charge in [0.15, 0.2) is 5.76 Å². The molecular formula is C12H17NO4. The van der Waals surface area contributed by atoms with Crippen LogP contribution in [0.25, 0.3) is 0 Å². The van der Waals surface area contributed by atoms with E-state index >= 15 is 0 Å². The van der Waals surface area contributed by atoms with Crippen molar-refractivity contribution in [2.75, 3.05) is 0 Å². The van der Waals surface area contributed by atoms with Gasteiger partial charge in [-0.2, -0.15) is 0 Å². The molecule has 1 aromatic heterocycles. The molecule has 1 amide bonds. The SMILES string of the molecule is CC(NC(=O)c1ccc(C(=O)O)o1)C(C)(C)C. The second-order valence-electron chi connectivity index (χ2n) is 5.03. The van der Waals surface area contributed by atoms with Crippen molar-refractivity contribution in [1.82, 2.24) is 5.32 Å². The van der Waals surface area contributed by atoms with E-state index in [9.17, 15) is 9.59 Å². The second kappa shape index (κ2) is 4.61. The summed E-state index contributed by atoms with van der Waals surface area (Å²) in [4.78, 5) is 22.3. The molecule has 1 rings (SSSR count). The highest BCUT2D eigenvalue weighted by Gasteiger charge is 2.23. The van der Waals surface area contributed by atoms with Crippen LogP contribution >= 0.6 is 0 Å². The van der Waals surface area contributed by atoms with Gasteiger partial charge in [-0.1, -0.05) is 20.8 Å². The number of carbonyl (C=O) groups is 2. The maximum Gasteiger partial charge on any atom is 0.371 e. The first-order valence-corrected chi connectivity index (χ1v) is 5.36. The average Bonchev–Trinajstić information content (AvgIpc) is 2.64. The van der Waals surface area contributed by atoms with Gasteiger partial charge in [-0.3, -0.25) is 4.79 Å². The summed E-state index contributed by atoms with van der Waals surface area (Å²) in [7, 11) is 0. The molecule has 2 N–H and O–H groups in total. The Labute approximate surface area is 99.8 Å². The average molecular weight is 239 g/mol. The van der Waals surface area contributed by atoms with Crippen LogP contribution in [0.1, 0.15) is 48.8 Å². The van der Waals surface area contributed by atoms with E-state index in [1.165, 1.54) is 12.1 Å². The third-order valence-electron chi connectivity index (χ3n) is 2.69. The van der Waals surface area contributed by atoms with Crippen LogP contribution in [-0.2, 0) is 0 Å². The van der Waals surface area contributed by atoms with Crippen molar-refractivity contribution in [3.8, 4) is 0 Å². The number of carboxylic acids is 1. The van der Waals surface area contributed by atoms with Crippen LogP contribution in [0.5, 0.6) is 0 Å². The number of furan rings is 1. The minimum atomic E-state index is -1.19. The molecule has 1 aromatic rings.